The minimum atomic E-state index is -0.287. The number of fused-ring (bicyclic) bond motifs is 1. The molecule has 2 aliphatic heterocycles. The fourth-order valence-corrected chi connectivity index (χ4v) is 5.82. The molecule has 2 fully saturated rings. The largest absolute Gasteiger partial charge is 0.341 e. The standard InChI is InChI=1S/C26H34FN5O2/c1-18-14-19(2)16-31(15-18)24(33)17-29-10-12-30(13-11-29)26(34)25-22-4-3-5-23(22)32(28-25)21-8-6-20(27)7-9-21/h6-9,18-19H,3-5,10-17H2,1-2H3. The number of hydrogen-bond donors (Lipinski definition) is 0. The van der Waals surface area contributed by atoms with E-state index in [9.17, 15) is 14.0 Å². The summed E-state index contributed by atoms with van der Waals surface area (Å²) in [5.41, 5.74) is 3.39. The van der Waals surface area contributed by atoms with Gasteiger partial charge in [-0.25, -0.2) is 9.07 Å². The van der Waals surface area contributed by atoms with Gasteiger partial charge in [-0.1, -0.05) is 13.8 Å². The van der Waals surface area contributed by atoms with Crippen molar-refractivity contribution in [3.05, 3.63) is 47.0 Å². The van der Waals surface area contributed by atoms with Gasteiger partial charge in [0.05, 0.1) is 12.2 Å². The van der Waals surface area contributed by atoms with E-state index in [0.717, 1.165) is 49.3 Å². The van der Waals surface area contributed by atoms with Crippen molar-refractivity contribution in [2.75, 3.05) is 45.8 Å². The molecule has 7 nitrogen and oxygen atoms in total. The highest BCUT2D eigenvalue weighted by molar-refractivity contribution is 5.94. The fraction of sp³-hybridized carbons (Fsp3) is 0.577. The summed E-state index contributed by atoms with van der Waals surface area (Å²) < 4.78 is 15.2. The summed E-state index contributed by atoms with van der Waals surface area (Å²) >= 11 is 0. The number of rotatable bonds is 4. The molecule has 34 heavy (non-hydrogen) atoms. The molecule has 1 aromatic carbocycles. The minimum absolute atomic E-state index is 0.0383. The topological polar surface area (TPSA) is 61.7 Å². The smallest absolute Gasteiger partial charge is 0.274 e. The second-order valence-corrected chi connectivity index (χ2v) is 10.3. The summed E-state index contributed by atoms with van der Waals surface area (Å²) in [6.45, 7) is 9.13. The summed E-state index contributed by atoms with van der Waals surface area (Å²) in [4.78, 5) is 32.3. The third-order valence-electron chi connectivity index (χ3n) is 7.44. The van der Waals surface area contributed by atoms with Crippen molar-refractivity contribution >= 4 is 11.8 Å². The Bertz CT molecular complexity index is 1050. The highest BCUT2D eigenvalue weighted by Crippen LogP contribution is 2.29. The molecule has 1 aromatic heterocycles. The van der Waals surface area contributed by atoms with Gasteiger partial charge in [0, 0.05) is 50.5 Å². The van der Waals surface area contributed by atoms with Gasteiger partial charge in [-0.05, 0) is 61.8 Å². The molecule has 0 saturated carbocycles. The molecule has 2 amide bonds. The van der Waals surface area contributed by atoms with Crippen LogP contribution in [0.4, 0.5) is 4.39 Å². The number of piperazine rings is 1. The molecule has 3 aliphatic rings. The van der Waals surface area contributed by atoms with Gasteiger partial charge in [-0.2, -0.15) is 5.10 Å². The molecule has 0 N–H and O–H groups in total. The second-order valence-electron chi connectivity index (χ2n) is 10.3. The van der Waals surface area contributed by atoms with Crippen molar-refractivity contribution < 1.29 is 14.0 Å². The predicted molar refractivity (Wildman–Crippen MR) is 127 cm³/mol. The SMILES string of the molecule is CC1CC(C)CN(C(=O)CN2CCN(C(=O)c3nn(-c4ccc(F)cc4)c4c3CCC4)CC2)C1. The van der Waals surface area contributed by atoms with Gasteiger partial charge in [0.2, 0.25) is 5.91 Å². The average molecular weight is 468 g/mol. The van der Waals surface area contributed by atoms with E-state index < -0.39 is 0 Å². The first kappa shape index (κ1) is 23.0. The first-order valence-electron chi connectivity index (χ1n) is 12.5. The first-order chi connectivity index (χ1) is 16.4. The van der Waals surface area contributed by atoms with Gasteiger partial charge in [-0.3, -0.25) is 14.5 Å². The van der Waals surface area contributed by atoms with Crippen LogP contribution in [-0.2, 0) is 17.6 Å². The molecule has 2 unspecified atom stereocenters. The lowest BCUT2D eigenvalue weighted by molar-refractivity contribution is -0.135. The number of carbonyl (C=O) groups excluding carboxylic acids is 2. The number of aromatic nitrogens is 2. The minimum Gasteiger partial charge on any atom is -0.341 e. The molecule has 2 saturated heterocycles. The second kappa shape index (κ2) is 9.49. The van der Waals surface area contributed by atoms with Crippen LogP contribution >= 0.6 is 0 Å². The maximum Gasteiger partial charge on any atom is 0.274 e. The maximum atomic E-state index is 13.4. The lowest BCUT2D eigenvalue weighted by Gasteiger charge is -2.38. The molecule has 5 rings (SSSR count). The molecule has 2 aromatic rings. The van der Waals surface area contributed by atoms with Crippen LogP contribution in [0.1, 0.15) is 48.4 Å². The molecular formula is C26H34FN5O2. The Morgan fingerprint density at radius 3 is 2.32 bits per heavy atom. The summed E-state index contributed by atoms with van der Waals surface area (Å²) in [6, 6.07) is 6.25. The number of halogens is 1. The summed E-state index contributed by atoms with van der Waals surface area (Å²) in [5, 5.41) is 4.68. The summed E-state index contributed by atoms with van der Waals surface area (Å²) in [5.74, 6) is 0.986. The van der Waals surface area contributed by atoms with Crippen LogP contribution in [0.2, 0.25) is 0 Å². The zero-order chi connectivity index (χ0) is 23.8. The molecule has 3 heterocycles. The number of piperidine rings is 1. The number of likely N-dealkylation sites (tertiary alicyclic amines) is 1. The molecule has 8 heteroatoms. The van der Waals surface area contributed by atoms with Crippen molar-refractivity contribution in [1.29, 1.82) is 0 Å². The third-order valence-corrected chi connectivity index (χ3v) is 7.44. The highest BCUT2D eigenvalue weighted by Gasteiger charge is 2.32. The van der Waals surface area contributed by atoms with Crippen LogP contribution in [0.25, 0.3) is 5.69 Å². The van der Waals surface area contributed by atoms with Crippen LogP contribution in [0.3, 0.4) is 0 Å². The van der Waals surface area contributed by atoms with Crippen molar-refractivity contribution in [1.82, 2.24) is 24.5 Å². The normalized spacial score (nSPS) is 23.3. The van der Waals surface area contributed by atoms with Crippen LogP contribution in [-0.4, -0.2) is 82.1 Å². The van der Waals surface area contributed by atoms with E-state index in [4.69, 9.17) is 0 Å². The lowest BCUT2D eigenvalue weighted by Crippen LogP contribution is -2.53. The Morgan fingerprint density at radius 1 is 0.971 bits per heavy atom. The monoisotopic (exact) mass is 467 g/mol. The number of nitrogens with zero attached hydrogens (tertiary/aromatic N) is 5. The van der Waals surface area contributed by atoms with Crippen molar-refractivity contribution in [2.24, 2.45) is 11.8 Å². The van der Waals surface area contributed by atoms with Gasteiger partial charge in [-0.15, -0.1) is 0 Å². The molecular weight excluding hydrogens is 433 g/mol. The van der Waals surface area contributed by atoms with Gasteiger partial charge in [0.25, 0.3) is 5.91 Å². The molecule has 0 bridgehead atoms. The Hall–Kier alpha value is -2.74. The van der Waals surface area contributed by atoms with Gasteiger partial charge >= 0.3 is 0 Å². The van der Waals surface area contributed by atoms with Crippen molar-refractivity contribution in [3.63, 3.8) is 0 Å². The molecule has 1 aliphatic carbocycles. The predicted octanol–water partition coefficient (Wildman–Crippen LogP) is 2.76. The van der Waals surface area contributed by atoms with Crippen LogP contribution in [0.15, 0.2) is 24.3 Å². The summed E-state index contributed by atoms with van der Waals surface area (Å²) in [6.07, 6.45) is 3.90. The van der Waals surface area contributed by atoms with Gasteiger partial charge < -0.3 is 9.80 Å². The van der Waals surface area contributed by atoms with Crippen molar-refractivity contribution in [3.8, 4) is 5.69 Å². The lowest BCUT2D eigenvalue weighted by atomic mass is 9.92. The van der Waals surface area contributed by atoms with Crippen LogP contribution in [0.5, 0.6) is 0 Å². The van der Waals surface area contributed by atoms with Crippen LogP contribution in [0, 0.1) is 17.7 Å². The van der Waals surface area contributed by atoms with E-state index in [1.54, 1.807) is 12.1 Å². The number of hydrogen-bond acceptors (Lipinski definition) is 4. The fourth-order valence-electron chi connectivity index (χ4n) is 5.82. The van der Waals surface area contributed by atoms with Crippen LogP contribution < -0.4 is 0 Å². The van der Waals surface area contributed by atoms with E-state index in [2.05, 4.69) is 23.8 Å². The Balaban J connectivity index is 1.22. The molecule has 0 spiro atoms. The Kier molecular flexibility index (Phi) is 6.42. The zero-order valence-corrected chi connectivity index (χ0v) is 20.2. The third kappa shape index (κ3) is 4.60. The Labute approximate surface area is 200 Å². The van der Waals surface area contributed by atoms with Gasteiger partial charge in [0.1, 0.15) is 5.82 Å². The Morgan fingerprint density at radius 2 is 1.65 bits per heavy atom. The number of benzene rings is 1. The highest BCUT2D eigenvalue weighted by atomic mass is 19.1. The van der Waals surface area contributed by atoms with Gasteiger partial charge in [0.15, 0.2) is 5.69 Å². The van der Waals surface area contributed by atoms with Crippen molar-refractivity contribution in [2.45, 2.75) is 39.5 Å². The number of amides is 2. The van der Waals surface area contributed by atoms with E-state index in [1.807, 2.05) is 14.5 Å². The van der Waals surface area contributed by atoms with E-state index in [1.165, 1.54) is 18.6 Å². The summed E-state index contributed by atoms with van der Waals surface area (Å²) in [7, 11) is 0. The van der Waals surface area contributed by atoms with E-state index in [0.29, 0.717) is 50.3 Å². The number of carbonyl (C=O) groups is 2. The molecule has 2 atom stereocenters. The molecule has 182 valence electrons. The molecule has 0 radical (unpaired) electrons. The maximum absolute atomic E-state index is 13.4. The average Bonchev–Trinajstić information content (AvgIpc) is 3.42. The van der Waals surface area contributed by atoms with E-state index >= 15 is 0 Å². The quantitative estimate of drug-likeness (QED) is 0.694. The van der Waals surface area contributed by atoms with E-state index in [-0.39, 0.29) is 17.6 Å². The zero-order valence-electron chi connectivity index (χ0n) is 20.2. The first-order valence-corrected chi connectivity index (χ1v) is 12.5.